The van der Waals surface area contributed by atoms with Gasteiger partial charge in [-0.25, -0.2) is 0 Å². The zero-order valence-electron chi connectivity index (χ0n) is 16.1. The molecule has 0 N–H and O–H groups in total. The summed E-state index contributed by atoms with van der Waals surface area (Å²) in [7, 11) is 0. The van der Waals surface area contributed by atoms with Gasteiger partial charge >= 0.3 is 0 Å². The average Bonchev–Trinajstić information content (AvgIpc) is 2.62. The lowest BCUT2D eigenvalue weighted by atomic mass is 9.51. The van der Waals surface area contributed by atoms with E-state index in [-0.39, 0.29) is 12.4 Å². The third kappa shape index (κ3) is 2.51. The maximum absolute atomic E-state index is 2.88. The van der Waals surface area contributed by atoms with Crippen molar-refractivity contribution in [2.75, 3.05) is 19.6 Å². The number of nitrogens with zero attached hydrogens (tertiary/aromatic N) is 1. The molecule has 0 radical (unpaired) electrons. The first kappa shape index (κ1) is 17.7. The van der Waals surface area contributed by atoms with Crippen LogP contribution in [0.5, 0.6) is 0 Å². The summed E-state index contributed by atoms with van der Waals surface area (Å²) >= 11 is 0. The summed E-state index contributed by atoms with van der Waals surface area (Å²) in [6.45, 7) is 11.9. The molecule has 0 aromatic rings. The van der Waals surface area contributed by atoms with Crippen LogP contribution in [0.1, 0.15) is 72.1 Å². The summed E-state index contributed by atoms with van der Waals surface area (Å²) in [6, 6.07) is 0. The van der Waals surface area contributed by atoms with Crippen LogP contribution in [0.15, 0.2) is 0 Å². The predicted octanol–water partition coefficient (Wildman–Crippen LogP) is 5.63. The molecule has 6 bridgehead atoms. The lowest BCUT2D eigenvalue weighted by Crippen LogP contribution is -2.53. The molecule has 0 spiro atoms. The zero-order valence-corrected chi connectivity index (χ0v) is 16.9. The highest BCUT2D eigenvalue weighted by atomic mass is 35.5. The normalized spacial score (nSPS) is 51.6. The van der Waals surface area contributed by atoms with Gasteiger partial charge in [-0.2, -0.15) is 0 Å². The van der Waals surface area contributed by atoms with Crippen molar-refractivity contribution in [3.63, 3.8) is 0 Å². The number of hydrogen-bond acceptors (Lipinski definition) is 1. The molecule has 1 nitrogen and oxygen atoms in total. The monoisotopic (exact) mass is 351 g/mol. The Bertz CT molecular complexity index is 458. The van der Waals surface area contributed by atoms with E-state index in [4.69, 9.17) is 0 Å². The largest absolute Gasteiger partial charge is 0.302 e. The smallest absolute Gasteiger partial charge is 0.00407 e. The van der Waals surface area contributed by atoms with Crippen LogP contribution in [-0.2, 0) is 0 Å². The second kappa shape index (κ2) is 5.88. The van der Waals surface area contributed by atoms with Crippen molar-refractivity contribution in [1.82, 2.24) is 4.90 Å². The summed E-state index contributed by atoms with van der Waals surface area (Å²) in [5.41, 5.74) is 1.16. The second-order valence-electron chi connectivity index (χ2n) is 11.1. The van der Waals surface area contributed by atoms with Crippen LogP contribution in [-0.4, -0.2) is 24.5 Å². The highest BCUT2D eigenvalue weighted by Crippen LogP contribution is 2.60. The molecule has 0 aromatic carbocycles. The number of likely N-dealkylation sites (tertiary alicyclic amines) is 1. The quantitative estimate of drug-likeness (QED) is 0.637. The van der Waals surface area contributed by atoms with Crippen LogP contribution in [0.25, 0.3) is 0 Å². The van der Waals surface area contributed by atoms with Gasteiger partial charge in [-0.05, 0) is 104 Å². The third-order valence-electron chi connectivity index (χ3n) is 9.87. The highest BCUT2D eigenvalue weighted by molar-refractivity contribution is 5.85. The lowest BCUT2D eigenvalue weighted by Gasteiger charge is -2.55. The molecule has 138 valence electrons. The molecule has 0 amide bonds. The molecule has 6 rings (SSSR count). The van der Waals surface area contributed by atoms with Crippen LogP contribution < -0.4 is 0 Å². The molecule has 2 atom stereocenters. The van der Waals surface area contributed by atoms with Crippen LogP contribution in [0.4, 0.5) is 0 Å². The fourth-order valence-electron chi connectivity index (χ4n) is 8.15. The van der Waals surface area contributed by atoms with E-state index in [2.05, 4.69) is 25.7 Å². The van der Waals surface area contributed by atoms with E-state index in [9.17, 15) is 0 Å². The molecule has 24 heavy (non-hydrogen) atoms. The fraction of sp³-hybridized carbons (Fsp3) is 1.00. The first-order valence-corrected chi connectivity index (χ1v) is 10.7. The minimum absolute atomic E-state index is 0. The zero-order chi connectivity index (χ0) is 15.8. The SMILES string of the molecule is CC12CCC(CN(CCC3C4CC5CC(C4)CC3C5)C1)C2(C)C.Cl. The molecule has 5 aliphatic carbocycles. The van der Waals surface area contributed by atoms with Crippen molar-refractivity contribution in [3.05, 3.63) is 0 Å². The van der Waals surface area contributed by atoms with Gasteiger partial charge < -0.3 is 4.90 Å². The Morgan fingerprint density at radius 1 is 0.917 bits per heavy atom. The van der Waals surface area contributed by atoms with Crippen molar-refractivity contribution in [1.29, 1.82) is 0 Å². The minimum atomic E-state index is 0. The Balaban J connectivity index is 0.00000146. The van der Waals surface area contributed by atoms with Crippen molar-refractivity contribution < 1.29 is 0 Å². The van der Waals surface area contributed by atoms with E-state index in [0.29, 0.717) is 10.8 Å². The predicted molar refractivity (Wildman–Crippen MR) is 103 cm³/mol. The molecule has 1 saturated heterocycles. The van der Waals surface area contributed by atoms with Crippen LogP contribution >= 0.6 is 12.4 Å². The van der Waals surface area contributed by atoms with Gasteiger partial charge in [-0.1, -0.05) is 20.8 Å². The third-order valence-corrected chi connectivity index (χ3v) is 9.87. The Kier molecular flexibility index (Phi) is 4.32. The Labute approximate surface area is 155 Å². The van der Waals surface area contributed by atoms with E-state index in [1.807, 2.05) is 0 Å². The van der Waals surface area contributed by atoms with Gasteiger partial charge in [0.25, 0.3) is 0 Å². The second-order valence-corrected chi connectivity index (χ2v) is 11.1. The summed E-state index contributed by atoms with van der Waals surface area (Å²) in [6.07, 6.45) is 12.5. The molecule has 5 saturated carbocycles. The Hall–Kier alpha value is 0.250. The molecular weight excluding hydrogens is 314 g/mol. The lowest BCUT2D eigenvalue weighted by molar-refractivity contribution is -0.0541. The van der Waals surface area contributed by atoms with Gasteiger partial charge in [0.15, 0.2) is 0 Å². The summed E-state index contributed by atoms with van der Waals surface area (Å²) < 4.78 is 0. The maximum atomic E-state index is 2.88. The van der Waals surface area contributed by atoms with Crippen molar-refractivity contribution >= 4 is 12.4 Å². The van der Waals surface area contributed by atoms with E-state index >= 15 is 0 Å². The average molecular weight is 352 g/mol. The molecular formula is C22H38ClN. The standard InChI is InChI=1S/C22H37N.ClH/c1-21(2)19-4-6-22(21,3)14-23(13-19)7-5-20-17-9-15-8-16(11-17)12-18(20)10-15;/h15-20H,4-14H2,1-3H3;1H. The number of fused-ring (bicyclic) bond motifs is 2. The summed E-state index contributed by atoms with van der Waals surface area (Å²) in [5, 5.41) is 0. The summed E-state index contributed by atoms with van der Waals surface area (Å²) in [5.74, 6) is 6.58. The number of hydrogen-bond donors (Lipinski definition) is 0. The van der Waals surface area contributed by atoms with Gasteiger partial charge in [0, 0.05) is 13.1 Å². The Morgan fingerprint density at radius 3 is 2.12 bits per heavy atom. The highest BCUT2D eigenvalue weighted by Gasteiger charge is 2.55. The molecule has 2 unspecified atom stereocenters. The first-order chi connectivity index (χ1) is 10.9. The summed E-state index contributed by atoms with van der Waals surface area (Å²) in [4.78, 5) is 2.88. The van der Waals surface area contributed by atoms with E-state index in [1.165, 1.54) is 38.9 Å². The van der Waals surface area contributed by atoms with Crippen LogP contribution in [0.2, 0.25) is 0 Å². The number of piperidine rings is 1. The molecule has 1 aliphatic heterocycles. The minimum Gasteiger partial charge on any atom is -0.302 e. The molecule has 0 aromatic heterocycles. The van der Waals surface area contributed by atoms with Crippen molar-refractivity contribution in [2.24, 2.45) is 46.3 Å². The fourth-order valence-corrected chi connectivity index (χ4v) is 8.15. The van der Waals surface area contributed by atoms with Gasteiger partial charge in [-0.3, -0.25) is 0 Å². The van der Waals surface area contributed by atoms with Crippen molar-refractivity contribution in [2.45, 2.75) is 72.1 Å². The number of halogens is 1. The maximum Gasteiger partial charge on any atom is 0.00407 e. The molecule has 6 fully saturated rings. The van der Waals surface area contributed by atoms with Gasteiger partial charge in [-0.15, -0.1) is 12.4 Å². The number of rotatable bonds is 3. The molecule has 6 aliphatic rings. The van der Waals surface area contributed by atoms with Crippen molar-refractivity contribution in [3.8, 4) is 0 Å². The molecule has 2 heteroatoms. The van der Waals surface area contributed by atoms with Gasteiger partial charge in [0.2, 0.25) is 0 Å². The molecule has 1 heterocycles. The topological polar surface area (TPSA) is 3.24 Å². The Morgan fingerprint density at radius 2 is 1.54 bits per heavy atom. The van der Waals surface area contributed by atoms with Crippen LogP contribution in [0, 0.1) is 46.3 Å². The van der Waals surface area contributed by atoms with Crippen LogP contribution in [0.3, 0.4) is 0 Å². The first-order valence-electron chi connectivity index (χ1n) is 10.7. The van der Waals surface area contributed by atoms with E-state index < -0.39 is 0 Å². The van der Waals surface area contributed by atoms with Gasteiger partial charge in [0.05, 0.1) is 0 Å². The van der Waals surface area contributed by atoms with E-state index in [0.717, 1.165) is 35.5 Å². The van der Waals surface area contributed by atoms with E-state index in [1.54, 1.807) is 32.1 Å². The van der Waals surface area contributed by atoms with Gasteiger partial charge in [0.1, 0.15) is 0 Å².